The van der Waals surface area contributed by atoms with Gasteiger partial charge in [-0.3, -0.25) is 0 Å². The summed E-state index contributed by atoms with van der Waals surface area (Å²) in [7, 11) is 0. The SMILES string of the molecule is CC1=C(C)[C](C)=[Ge]([c]2ccccc2)[CH]=C1. The van der Waals surface area contributed by atoms with E-state index in [0.29, 0.717) is 0 Å². The summed E-state index contributed by atoms with van der Waals surface area (Å²) in [6.45, 7) is 6.77. The van der Waals surface area contributed by atoms with Crippen LogP contribution in [0.3, 0.4) is 0 Å². The molecule has 1 heteroatoms. The molecule has 0 fully saturated rings. The van der Waals surface area contributed by atoms with Crippen molar-refractivity contribution < 1.29 is 0 Å². The van der Waals surface area contributed by atoms with Crippen molar-refractivity contribution in [1.82, 2.24) is 0 Å². The topological polar surface area (TPSA) is 0 Å². The zero-order valence-corrected chi connectivity index (χ0v) is 11.6. The van der Waals surface area contributed by atoms with E-state index in [1.54, 1.807) is 8.75 Å². The number of rotatable bonds is 1. The molecule has 1 heterocycles. The third-order valence-corrected chi connectivity index (χ3v) is 8.68. The predicted molar refractivity (Wildman–Crippen MR) is 70.0 cm³/mol. The second kappa shape index (κ2) is 4.32. The fraction of sp³-hybridized carbons (Fsp3) is 0.214. The van der Waals surface area contributed by atoms with Gasteiger partial charge in [-0.15, -0.1) is 0 Å². The van der Waals surface area contributed by atoms with Gasteiger partial charge in [-0.2, -0.15) is 0 Å². The van der Waals surface area contributed by atoms with E-state index in [9.17, 15) is 0 Å². The average molecular weight is 257 g/mol. The van der Waals surface area contributed by atoms with Crippen molar-refractivity contribution in [3.05, 3.63) is 52.5 Å². The summed E-state index contributed by atoms with van der Waals surface area (Å²) in [4.78, 5) is 2.47. The second-order valence-corrected chi connectivity index (χ2v) is 9.27. The van der Waals surface area contributed by atoms with E-state index in [0.717, 1.165) is 0 Å². The van der Waals surface area contributed by atoms with Gasteiger partial charge >= 0.3 is 95.9 Å². The van der Waals surface area contributed by atoms with Crippen molar-refractivity contribution in [2.75, 3.05) is 0 Å². The number of benzene rings is 1. The molecule has 1 aliphatic rings. The molecule has 2 rings (SSSR count). The van der Waals surface area contributed by atoms with Crippen LogP contribution in [0.1, 0.15) is 20.8 Å². The third-order valence-electron chi connectivity index (χ3n) is 3.14. The number of allylic oxidation sites excluding steroid dienone is 3. The quantitative estimate of drug-likeness (QED) is 0.678. The Morgan fingerprint density at radius 3 is 2.27 bits per heavy atom. The van der Waals surface area contributed by atoms with Crippen molar-refractivity contribution in [2.24, 2.45) is 0 Å². The van der Waals surface area contributed by atoms with Crippen molar-refractivity contribution in [2.45, 2.75) is 20.8 Å². The molecule has 76 valence electrons. The molecule has 0 radical (unpaired) electrons. The Morgan fingerprint density at radius 1 is 0.933 bits per heavy atom. The Kier molecular flexibility index (Phi) is 3.06. The molecule has 0 bridgehead atoms. The van der Waals surface area contributed by atoms with E-state index < -0.39 is 13.9 Å². The van der Waals surface area contributed by atoms with Crippen LogP contribution >= 0.6 is 0 Å². The summed E-state index contributed by atoms with van der Waals surface area (Å²) >= 11 is -1.29. The summed E-state index contributed by atoms with van der Waals surface area (Å²) in [6.07, 6.45) is 2.31. The van der Waals surface area contributed by atoms with Crippen LogP contribution in [0.2, 0.25) is 0 Å². The molecule has 1 aromatic carbocycles. The van der Waals surface area contributed by atoms with Gasteiger partial charge in [0, 0.05) is 0 Å². The van der Waals surface area contributed by atoms with Crippen LogP contribution in [0.25, 0.3) is 0 Å². The van der Waals surface area contributed by atoms with Crippen LogP contribution in [0.4, 0.5) is 0 Å². The Hall–Kier alpha value is -0.887. The normalized spacial score (nSPS) is 16.2. The summed E-state index contributed by atoms with van der Waals surface area (Å²) in [5.41, 5.74) is 2.94. The molecule has 1 aliphatic heterocycles. The first kappa shape index (κ1) is 10.6. The summed E-state index contributed by atoms with van der Waals surface area (Å²) in [5, 5.41) is 0. The van der Waals surface area contributed by atoms with Crippen LogP contribution in [0.15, 0.2) is 52.5 Å². The van der Waals surface area contributed by atoms with Gasteiger partial charge in [0.2, 0.25) is 0 Å². The first-order valence-corrected chi connectivity index (χ1v) is 8.63. The van der Waals surface area contributed by atoms with E-state index in [1.165, 1.54) is 11.1 Å². The number of hydrogen-bond donors (Lipinski definition) is 0. The van der Waals surface area contributed by atoms with Gasteiger partial charge in [-0.05, 0) is 0 Å². The molecular formula is C14H16Ge. The van der Waals surface area contributed by atoms with Crippen molar-refractivity contribution in [1.29, 1.82) is 0 Å². The Morgan fingerprint density at radius 2 is 1.60 bits per heavy atom. The Labute approximate surface area is 96.0 Å². The Balaban J connectivity index is 2.54. The summed E-state index contributed by atoms with van der Waals surface area (Å²) in [6, 6.07) is 10.9. The zero-order chi connectivity index (χ0) is 10.8. The van der Waals surface area contributed by atoms with Crippen molar-refractivity contribution in [3.63, 3.8) is 0 Å². The molecule has 0 aliphatic carbocycles. The summed E-state index contributed by atoms with van der Waals surface area (Å²) < 4.78 is 3.19. The molecule has 0 amide bonds. The molecule has 15 heavy (non-hydrogen) atoms. The molecule has 0 nitrogen and oxygen atoms in total. The van der Waals surface area contributed by atoms with E-state index >= 15 is 0 Å². The molecule has 0 atom stereocenters. The zero-order valence-electron chi connectivity index (χ0n) is 9.54. The maximum absolute atomic E-state index is 2.47. The molecule has 0 saturated carbocycles. The minimum atomic E-state index is -1.29. The maximum atomic E-state index is 2.47. The van der Waals surface area contributed by atoms with Crippen LogP contribution in [-0.4, -0.2) is 18.3 Å². The fourth-order valence-electron chi connectivity index (χ4n) is 1.89. The molecule has 1 aromatic rings. The van der Waals surface area contributed by atoms with Gasteiger partial charge in [0.1, 0.15) is 0 Å². The summed E-state index contributed by atoms with van der Waals surface area (Å²) in [5.74, 6) is 0. The standard InChI is InChI=1S/C14H16Ge/c1-11-9-10-15(13(3)12(11)2)14-7-5-4-6-8-14/h4-10H,1-3H3. The van der Waals surface area contributed by atoms with Crippen LogP contribution in [0.5, 0.6) is 0 Å². The van der Waals surface area contributed by atoms with E-state index in [2.05, 4.69) is 62.1 Å². The van der Waals surface area contributed by atoms with Gasteiger partial charge in [-0.1, -0.05) is 0 Å². The molecule has 0 saturated heterocycles. The molecule has 0 N–H and O–H groups in total. The molecule has 0 spiro atoms. The molecule has 0 aromatic heterocycles. The predicted octanol–water partition coefficient (Wildman–Crippen LogP) is 2.61. The van der Waals surface area contributed by atoms with E-state index in [-0.39, 0.29) is 0 Å². The van der Waals surface area contributed by atoms with E-state index in [1.807, 2.05) is 0 Å². The van der Waals surface area contributed by atoms with Crippen LogP contribution in [-0.2, 0) is 0 Å². The Bertz CT molecular complexity index is 461. The van der Waals surface area contributed by atoms with E-state index in [4.69, 9.17) is 0 Å². The number of hydrogen-bond acceptors (Lipinski definition) is 0. The van der Waals surface area contributed by atoms with Gasteiger partial charge in [0.05, 0.1) is 0 Å². The molecular weight excluding hydrogens is 241 g/mol. The van der Waals surface area contributed by atoms with Gasteiger partial charge in [-0.25, -0.2) is 0 Å². The van der Waals surface area contributed by atoms with Gasteiger partial charge < -0.3 is 0 Å². The van der Waals surface area contributed by atoms with Crippen LogP contribution in [0, 0.1) is 0 Å². The first-order valence-electron chi connectivity index (χ1n) is 5.32. The second-order valence-electron chi connectivity index (χ2n) is 4.05. The van der Waals surface area contributed by atoms with Crippen molar-refractivity contribution >= 4 is 22.7 Å². The molecule has 0 unspecified atom stereocenters. The first-order chi connectivity index (χ1) is 7.20. The van der Waals surface area contributed by atoms with Crippen LogP contribution < -0.4 is 4.40 Å². The third kappa shape index (κ3) is 2.05. The van der Waals surface area contributed by atoms with Gasteiger partial charge in [0.15, 0.2) is 0 Å². The van der Waals surface area contributed by atoms with Gasteiger partial charge in [0.25, 0.3) is 0 Å². The van der Waals surface area contributed by atoms with Crippen molar-refractivity contribution in [3.8, 4) is 0 Å². The fourth-order valence-corrected chi connectivity index (χ4v) is 7.02. The average Bonchev–Trinajstić information content (AvgIpc) is 2.27. The minimum absolute atomic E-state index is 1.29. The monoisotopic (exact) mass is 258 g/mol.